The van der Waals surface area contributed by atoms with Crippen molar-refractivity contribution in [1.82, 2.24) is 10.3 Å². The van der Waals surface area contributed by atoms with Gasteiger partial charge in [0.25, 0.3) is 0 Å². The lowest BCUT2D eigenvalue weighted by atomic mass is 10.3. The van der Waals surface area contributed by atoms with E-state index in [0.717, 1.165) is 12.8 Å². The highest BCUT2D eigenvalue weighted by Crippen LogP contribution is 2.28. The normalized spacial score (nSPS) is 17.5. The van der Waals surface area contributed by atoms with Crippen molar-refractivity contribution >= 4 is 28.9 Å². The Bertz CT molecular complexity index is 365. The molecule has 1 aliphatic rings. The van der Waals surface area contributed by atoms with Crippen LogP contribution in [-0.2, 0) is 9.53 Å². The van der Waals surface area contributed by atoms with Crippen LogP contribution in [0, 0.1) is 0 Å². The fourth-order valence-corrected chi connectivity index (χ4v) is 2.22. The molecule has 4 nitrogen and oxygen atoms in total. The summed E-state index contributed by atoms with van der Waals surface area (Å²) in [7, 11) is 1.37. The smallest absolute Gasteiger partial charge is 0.330 e. The van der Waals surface area contributed by atoms with Crippen molar-refractivity contribution in [2.24, 2.45) is 0 Å². The highest BCUT2D eigenvalue weighted by Gasteiger charge is 2.31. The van der Waals surface area contributed by atoms with Crippen LogP contribution in [0.2, 0.25) is 4.34 Å². The fraction of sp³-hybridized carbons (Fsp3) is 0.556. The summed E-state index contributed by atoms with van der Waals surface area (Å²) in [5.74, 6) is -0.312. The van der Waals surface area contributed by atoms with E-state index < -0.39 is 6.04 Å². The Morgan fingerprint density at radius 2 is 2.53 bits per heavy atom. The Morgan fingerprint density at radius 3 is 3.00 bits per heavy atom. The van der Waals surface area contributed by atoms with E-state index in [1.165, 1.54) is 18.4 Å². The van der Waals surface area contributed by atoms with Crippen LogP contribution in [-0.4, -0.2) is 24.1 Å². The second-order valence-electron chi connectivity index (χ2n) is 3.40. The zero-order chi connectivity index (χ0) is 10.8. The van der Waals surface area contributed by atoms with Crippen molar-refractivity contribution in [2.75, 3.05) is 7.11 Å². The first-order valence-corrected chi connectivity index (χ1v) is 5.85. The van der Waals surface area contributed by atoms with Crippen LogP contribution >= 0.6 is 22.9 Å². The third-order valence-electron chi connectivity index (χ3n) is 2.16. The second-order valence-corrected chi connectivity index (χ2v) is 5.09. The first kappa shape index (κ1) is 10.9. The molecule has 1 atom stereocenters. The zero-order valence-corrected chi connectivity index (χ0v) is 9.77. The lowest BCUT2D eigenvalue weighted by Crippen LogP contribution is -2.31. The van der Waals surface area contributed by atoms with Gasteiger partial charge in [-0.1, -0.05) is 11.6 Å². The van der Waals surface area contributed by atoms with Gasteiger partial charge in [0, 0.05) is 6.04 Å². The maximum absolute atomic E-state index is 11.5. The van der Waals surface area contributed by atoms with E-state index in [1.807, 2.05) is 0 Å². The van der Waals surface area contributed by atoms with Gasteiger partial charge in [0.2, 0.25) is 0 Å². The molecule has 1 heterocycles. The molecule has 1 fully saturated rings. The summed E-state index contributed by atoms with van der Waals surface area (Å²) in [6.07, 6.45) is 3.76. The lowest BCUT2D eigenvalue weighted by Gasteiger charge is -2.12. The van der Waals surface area contributed by atoms with Gasteiger partial charge in [0.1, 0.15) is 9.34 Å². The Kier molecular flexibility index (Phi) is 3.23. The molecule has 0 aliphatic heterocycles. The molecule has 0 bridgehead atoms. The highest BCUT2D eigenvalue weighted by atomic mass is 35.5. The number of hydrogen-bond acceptors (Lipinski definition) is 5. The van der Waals surface area contributed by atoms with E-state index in [0.29, 0.717) is 15.4 Å². The van der Waals surface area contributed by atoms with E-state index in [1.54, 1.807) is 6.20 Å². The number of hydrogen-bond donors (Lipinski definition) is 1. The van der Waals surface area contributed by atoms with Crippen molar-refractivity contribution in [1.29, 1.82) is 0 Å². The van der Waals surface area contributed by atoms with Crippen molar-refractivity contribution < 1.29 is 9.53 Å². The van der Waals surface area contributed by atoms with Gasteiger partial charge < -0.3 is 4.74 Å². The largest absolute Gasteiger partial charge is 0.468 e. The molecule has 0 amide bonds. The van der Waals surface area contributed by atoms with Gasteiger partial charge in [-0.2, -0.15) is 0 Å². The Balaban J connectivity index is 2.12. The summed E-state index contributed by atoms with van der Waals surface area (Å²) in [6.45, 7) is 0. The molecule has 82 valence electrons. The summed E-state index contributed by atoms with van der Waals surface area (Å²) in [4.78, 5) is 15.6. The van der Waals surface area contributed by atoms with Crippen molar-refractivity contribution in [3.05, 3.63) is 15.5 Å². The number of esters is 1. The number of nitrogens with one attached hydrogen (secondary N) is 1. The molecule has 1 aromatic heterocycles. The van der Waals surface area contributed by atoms with Gasteiger partial charge >= 0.3 is 5.97 Å². The van der Waals surface area contributed by atoms with Crippen LogP contribution < -0.4 is 5.32 Å². The fourth-order valence-electron chi connectivity index (χ4n) is 1.24. The lowest BCUT2D eigenvalue weighted by molar-refractivity contribution is -0.143. The minimum atomic E-state index is -0.472. The van der Waals surface area contributed by atoms with Crippen LogP contribution in [0.3, 0.4) is 0 Å². The molecule has 0 saturated heterocycles. The molecule has 2 rings (SSSR count). The zero-order valence-electron chi connectivity index (χ0n) is 8.20. The average Bonchev–Trinajstić information content (AvgIpc) is 2.96. The van der Waals surface area contributed by atoms with Gasteiger partial charge in [-0.25, -0.2) is 9.78 Å². The minimum Gasteiger partial charge on any atom is -0.468 e. The molecule has 1 aromatic rings. The Labute approximate surface area is 96.6 Å². The van der Waals surface area contributed by atoms with Gasteiger partial charge in [-0.15, -0.1) is 11.3 Å². The number of carbonyl (C=O) groups is 1. The summed E-state index contributed by atoms with van der Waals surface area (Å²) in [6, 6.07) is -0.0585. The van der Waals surface area contributed by atoms with Gasteiger partial charge in [-0.3, -0.25) is 5.32 Å². The summed E-state index contributed by atoms with van der Waals surface area (Å²) < 4.78 is 5.31. The molecule has 15 heavy (non-hydrogen) atoms. The number of rotatable bonds is 4. The third-order valence-corrected chi connectivity index (χ3v) is 3.34. The standard InChI is InChI=1S/C9H11ClN2O2S/c1-14-9(13)7(12-5-2-3-5)8-11-4-6(10)15-8/h4-5,7,12H,2-3H2,1H3. The van der Waals surface area contributed by atoms with Gasteiger partial charge in [0.05, 0.1) is 13.3 Å². The minimum absolute atomic E-state index is 0.312. The number of carbonyl (C=O) groups excluding carboxylic acids is 1. The van der Waals surface area contributed by atoms with Crippen LogP contribution in [0.15, 0.2) is 6.20 Å². The molecule has 1 saturated carbocycles. The number of methoxy groups -OCH3 is 1. The van der Waals surface area contributed by atoms with E-state index in [2.05, 4.69) is 10.3 Å². The highest BCUT2D eigenvalue weighted by molar-refractivity contribution is 7.16. The molecule has 0 spiro atoms. The van der Waals surface area contributed by atoms with E-state index in [4.69, 9.17) is 16.3 Å². The number of thiazole rings is 1. The van der Waals surface area contributed by atoms with Crippen molar-refractivity contribution in [3.63, 3.8) is 0 Å². The number of aromatic nitrogens is 1. The molecule has 1 aliphatic carbocycles. The first-order valence-electron chi connectivity index (χ1n) is 4.66. The molecule has 6 heteroatoms. The topological polar surface area (TPSA) is 51.2 Å². The van der Waals surface area contributed by atoms with E-state index in [-0.39, 0.29) is 5.97 Å². The average molecular weight is 247 g/mol. The van der Waals surface area contributed by atoms with Crippen LogP contribution in [0.25, 0.3) is 0 Å². The monoisotopic (exact) mass is 246 g/mol. The number of halogens is 1. The Morgan fingerprint density at radius 1 is 1.80 bits per heavy atom. The van der Waals surface area contributed by atoms with Gasteiger partial charge in [-0.05, 0) is 12.8 Å². The maximum atomic E-state index is 11.5. The molecule has 0 aromatic carbocycles. The van der Waals surface area contributed by atoms with Crippen LogP contribution in [0.1, 0.15) is 23.9 Å². The molecule has 1 N–H and O–H groups in total. The van der Waals surface area contributed by atoms with Gasteiger partial charge in [0.15, 0.2) is 6.04 Å². The predicted molar refractivity (Wildman–Crippen MR) is 58.0 cm³/mol. The summed E-state index contributed by atoms with van der Waals surface area (Å²) in [5, 5.41) is 3.85. The predicted octanol–water partition coefficient (Wildman–Crippen LogP) is 1.76. The Hall–Kier alpha value is -0.650. The number of nitrogens with zero attached hydrogens (tertiary/aromatic N) is 1. The third kappa shape index (κ3) is 2.68. The number of ether oxygens (including phenoxy) is 1. The molecular formula is C9H11ClN2O2S. The second kappa shape index (κ2) is 4.47. The summed E-state index contributed by atoms with van der Waals surface area (Å²) in [5.41, 5.74) is 0. The van der Waals surface area contributed by atoms with E-state index in [9.17, 15) is 4.79 Å². The summed E-state index contributed by atoms with van der Waals surface area (Å²) >= 11 is 7.08. The maximum Gasteiger partial charge on any atom is 0.330 e. The molecular weight excluding hydrogens is 236 g/mol. The van der Waals surface area contributed by atoms with E-state index >= 15 is 0 Å². The molecule has 1 unspecified atom stereocenters. The first-order chi connectivity index (χ1) is 7.20. The van der Waals surface area contributed by atoms with Crippen LogP contribution in [0.5, 0.6) is 0 Å². The van der Waals surface area contributed by atoms with Crippen molar-refractivity contribution in [2.45, 2.75) is 24.9 Å². The SMILES string of the molecule is COC(=O)C(NC1CC1)c1ncc(Cl)s1. The van der Waals surface area contributed by atoms with Crippen molar-refractivity contribution in [3.8, 4) is 0 Å². The quantitative estimate of drug-likeness (QED) is 0.823. The van der Waals surface area contributed by atoms with Crippen LogP contribution in [0.4, 0.5) is 0 Å². The molecule has 0 radical (unpaired) electrons.